The molecule has 0 radical (unpaired) electrons. The number of nitro groups is 1. The summed E-state index contributed by atoms with van der Waals surface area (Å²) in [5.41, 5.74) is 0.589. The van der Waals surface area contributed by atoms with Crippen LogP contribution in [0.5, 0.6) is 0 Å². The van der Waals surface area contributed by atoms with Crippen molar-refractivity contribution in [1.82, 2.24) is 4.90 Å². The molecule has 0 spiro atoms. The van der Waals surface area contributed by atoms with Crippen molar-refractivity contribution in [2.24, 2.45) is 11.8 Å². The van der Waals surface area contributed by atoms with E-state index >= 15 is 0 Å². The molecule has 12 nitrogen and oxygen atoms in total. The summed E-state index contributed by atoms with van der Waals surface area (Å²) in [5.74, 6) is -1.94. The number of esters is 1. The van der Waals surface area contributed by atoms with Crippen LogP contribution in [0.1, 0.15) is 25.8 Å². The number of nitro benzene ring substituents is 1. The third-order valence-electron chi connectivity index (χ3n) is 6.62. The van der Waals surface area contributed by atoms with Crippen molar-refractivity contribution in [3.63, 3.8) is 0 Å². The summed E-state index contributed by atoms with van der Waals surface area (Å²) in [7, 11) is -3.60. The van der Waals surface area contributed by atoms with Crippen LogP contribution in [-0.4, -0.2) is 78.2 Å². The molecule has 3 aliphatic rings. The van der Waals surface area contributed by atoms with Gasteiger partial charge in [-0.15, -0.1) is 11.8 Å². The standard InChI is InChI=1S/C23H28N2O10S2/c1-12-19-18(13(2)26)22(27)24(19)20(23(28)34-9-14-4-6-15(7-5-14)25(29)30)21(12)36-17-8-16(33-11-17)10-35-37(3,31)32/h4-7,12-13,16-19,26H,8-11H2,1-3H3. The Morgan fingerprint density at radius 1 is 1.35 bits per heavy atom. The van der Waals surface area contributed by atoms with Gasteiger partial charge < -0.3 is 19.5 Å². The number of rotatable bonds is 10. The zero-order valence-corrected chi connectivity index (χ0v) is 22.1. The van der Waals surface area contributed by atoms with E-state index in [1.165, 1.54) is 40.9 Å². The number of carbonyl (C=O) groups excluding carboxylic acids is 2. The van der Waals surface area contributed by atoms with Crippen LogP contribution in [-0.2, 0) is 40.0 Å². The second-order valence-electron chi connectivity index (χ2n) is 9.39. The van der Waals surface area contributed by atoms with Gasteiger partial charge in [0.1, 0.15) is 12.3 Å². The van der Waals surface area contributed by atoms with Crippen LogP contribution in [0.2, 0.25) is 0 Å². The molecular weight excluding hydrogens is 528 g/mol. The highest BCUT2D eigenvalue weighted by molar-refractivity contribution is 8.03. The number of hydrogen-bond acceptors (Lipinski definition) is 11. The molecular formula is C23H28N2O10S2. The van der Waals surface area contributed by atoms with E-state index in [-0.39, 0.29) is 47.7 Å². The summed E-state index contributed by atoms with van der Waals surface area (Å²) in [5, 5.41) is 20.9. The molecule has 37 heavy (non-hydrogen) atoms. The summed E-state index contributed by atoms with van der Waals surface area (Å²) < 4.78 is 38.6. The molecule has 6 atom stereocenters. The van der Waals surface area contributed by atoms with Gasteiger partial charge in [-0.1, -0.05) is 6.92 Å². The molecule has 0 aromatic heterocycles. The average molecular weight is 557 g/mol. The van der Waals surface area contributed by atoms with Crippen molar-refractivity contribution in [3.05, 3.63) is 50.5 Å². The van der Waals surface area contributed by atoms with Crippen molar-refractivity contribution in [1.29, 1.82) is 0 Å². The monoisotopic (exact) mass is 556 g/mol. The summed E-state index contributed by atoms with van der Waals surface area (Å²) in [6.45, 7) is 3.49. The first-order chi connectivity index (χ1) is 17.4. The molecule has 3 aliphatic heterocycles. The van der Waals surface area contributed by atoms with Gasteiger partial charge in [-0.3, -0.25) is 19.1 Å². The summed E-state index contributed by atoms with van der Waals surface area (Å²) in [4.78, 5) is 38.5. The van der Waals surface area contributed by atoms with Crippen molar-refractivity contribution < 1.29 is 41.7 Å². The number of hydrogen-bond donors (Lipinski definition) is 1. The predicted octanol–water partition coefficient (Wildman–Crippen LogP) is 1.57. The van der Waals surface area contributed by atoms with Crippen LogP contribution in [0.4, 0.5) is 5.69 Å². The molecule has 2 saturated heterocycles. The summed E-state index contributed by atoms with van der Waals surface area (Å²) in [6.07, 6.45) is 0.143. The van der Waals surface area contributed by atoms with Crippen molar-refractivity contribution in [3.8, 4) is 0 Å². The Balaban J connectivity index is 1.50. The normalized spacial score (nSPS) is 28.2. The highest BCUT2D eigenvalue weighted by Crippen LogP contribution is 2.52. The summed E-state index contributed by atoms with van der Waals surface area (Å²) >= 11 is 1.38. The molecule has 4 rings (SSSR count). The highest BCUT2D eigenvalue weighted by atomic mass is 32.2. The predicted molar refractivity (Wildman–Crippen MR) is 131 cm³/mol. The van der Waals surface area contributed by atoms with Crippen molar-refractivity contribution >= 4 is 39.4 Å². The van der Waals surface area contributed by atoms with Crippen LogP contribution in [0.15, 0.2) is 34.9 Å². The van der Waals surface area contributed by atoms with Gasteiger partial charge in [0, 0.05) is 28.2 Å². The first kappa shape index (κ1) is 27.5. The van der Waals surface area contributed by atoms with E-state index < -0.39 is 39.1 Å². The van der Waals surface area contributed by atoms with Crippen molar-refractivity contribution in [2.75, 3.05) is 19.5 Å². The molecule has 0 bridgehead atoms. The van der Waals surface area contributed by atoms with Crippen LogP contribution in [0.25, 0.3) is 0 Å². The van der Waals surface area contributed by atoms with Crippen LogP contribution in [0.3, 0.4) is 0 Å². The quantitative estimate of drug-likeness (QED) is 0.146. The van der Waals surface area contributed by atoms with Crippen LogP contribution < -0.4 is 0 Å². The lowest BCUT2D eigenvalue weighted by molar-refractivity contribution is -0.384. The molecule has 1 aromatic rings. The second-order valence-corrected chi connectivity index (χ2v) is 12.4. The molecule has 1 N–H and O–H groups in total. The van der Waals surface area contributed by atoms with Gasteiger partial charge in [-0.25, -0.2) is 4.79 Å². The maximum atomic E-state index is 13.2. The third-order valence-corrected chi connectivity index (χ3v) is 8.67. The molecule has 3 heterocycles. The Morgan fingerprint density at radius 2 is 2.03 bits per heavy atom. The number of carbonyl (C=O) groups is 2. The average Bonchev–Trinajstić information content (AvgIpc) is 3.37. The maximum absolute atomic E-state index is 13.2. The Labute approximate surface area is 218 Å². The van der Waals surface area contributed by atoms with E-state index in [4.69, 9.17) is 13.7 Å². The lowest BCUT2D eigenvalue weighted by atomic mass is 9.79. The zero-order valence-electron chi connectivity index (χ0n) is 20.4. The molecule has 6 unspecified atom stereocenters. The zero-order chi connectivity index (χ0) is 27.1. The minimum atomic E-state index is -3.60. The first-order valence-corrected chi connectivity index (χ1v) is 14.4. The Morgan fingerprint density at radius 3 is 2.62 bits per heavy atom. The van der Waals surface area contributed by atoms with E-state index in [1.807, 2.05) is 6.92 Å². The van der Waals surface area contributed by atoms with E-state index in [0.29, 0.717) is 23.5 Å². The van der Waals surface area contributed by atoms with Gasteiger partial charge >= 0.3 is 5.97 Å². The number of fused-ring (bicyclic) bond motifs is 1. The minimum Gasteiger partial charge on any atom is -0.456 e. The van der Waals surface area contributed by atoms with Gasteiger partial charge in [-0.05, 0) is 31.0 Å². The number of ether oxygens (including phenoxy) is 2. The first-order valence-electron chi connectivity index (χ1n) is 11.7. The smallest absolute Gasteiger partial charge is 0.356 e. The van der Waals surface area contributed by atoms with E-state index in [1.54, 1.807) is 6.92 Å². The minimum absolute atomic E-state index is 0.0849. The maximum Gasteiger partial charge on any atom is 0.356 e. The molecule has 2 fully saturated rings. The number of aliphatic hydroxyl groups is 1. The fourth-order valence-corrected chi connectivity index (χ4v) is 6.71. The lowest BCUT2D eigenvalue weighted by Crippen LogP contribution is -2.63. The summed E-state index contributed by atoms with van der Waals surface area (Å²) in [6, 6.07) is 5.22. The Kier molecular flexibility index (Phi) is 7.95. The fourth-order valence-electron chi connectivity index (χ4n) is 4.85. The van der Waals surface area contributed by atoms with Crippen LogP contribution in [0, 0.1) is 22.0 Å². The molecule has 1 aromatic carbocycles. The lowest BCUT2D eigenvalue weighted by Gasteiger charge is -2.46. The number of non-ortho nitro benzene ring substituents is 1. The number of nitrogens with zero attached hydrogens (tertiary/aromatic N) is 2. The molecule has 0 aliphatic carbocycles. The van der Waals surface area contributed by atoms with Gasteiger partial charge in [0.25, 0.3) is 15.8 Å². The number of amides is 1. The molecule has 202 valence electrons. The van der Waals surface area contributed by atoms with E-state index in [9.17, 15) is 33.2 Å². The van der Waals surface area contributed by atoms with Gasteiger partial charge in [0.2, 0.25) is 5.91 Å². The van der Waals surface area contributed by atoms with E-state index in [2.05, 4.69) is 0 Å². The van der Waals surface area contributed by atoms with Gasteiger partial charge in [0.05, 0.1) is 48.6 Å². The number of β-lactam (4-membered cyclic amide) rings is 1. The van der Waals surface area contributed by atoms with E-state index in [0.717, 1.165) is 6.26 Å². The number of thioether (sulfide) groups is 1. The Bertz CT molecular complexity index is 1210. The van der Waals surface area contributed by atoms with Gasteiger partial charge in [-0.2, -0.15) is 8.42 Å². The highest BCUT2D eigenvalue weighted by Gasteiger charge is 2.60. The second kappa shape index (κ2) is 10.7. The largest absolute Gasteiger partial charge is 0.456 e. The SMILES string of the molecule is CC(O)C1C(=O)N2C(C(=O)OCc3ccc([N+](=O)[O-])cc3)=C(SC3COC(COS(C)(=O)=O)C3)C(C)C12. The fraction of sp³-hybridized carbons (Fsp3) is 0.565. The van der Waals surface area contributed by atoms with Gasteiger partial charge in [0.15, 0.2) is 0 Å². The topological polar surface area (TPSA) is 163 Å². The number of benzene rings is 1. The number of aliphatic hydroxyl groups excluding tert-OH is 1. The van der Waals surface area contributed by atoms with Crippen molar-refractivity contribution in [2.45, 2.75) is 50.4 Å². The molecule has 0 saturated carbocycles. The third kappa shape index (κ3) is 5.82. The van der Waals surface area contributed by atoms with Crippen LogP contribution >= 0.6 is 11.8 Å². The molecule has 14 heteroatoms. The Hall–Kier alpha value is -2.52. The molecule has 1 amide bonds.